The molecule has 0 atom stereocenters. The second-order valence-electron chi connectivity index (χ2n) is 4.10. The molecular formula is C13H13FN4O2. The van der Waals surface area contributed by atoms with E-state index >= 15 is 0 Å². The van der Waals surface area contributed by atoms with Crippen molar-refractivity contribution < 1.29 is 9.31 Å². The Hall–Kier alpha value is -2.57. The maximum absolute atomic E-state index is 13.8. The summed E-state index contributed by atoms with van der Waals surface area (Å²) in [4.78, 5) is 18.5. The average Bonchev–Trinajstić information content (AvgIpc) is 2.43. The summed E-state index contributed by atoms with van der Waals surface area (Å²) in [6.45, 7) is 3.79. The van der Waals surface area contributed by atoms with Gasteiger partial charge in [0.25, 0.3) is 5.69 Å². The van der Waals surface area contributed by atoms with Crippen LogP contribution < -0.4 is 5.32 Å². The smallest absolute Gasteiger partial charge is 0.280 e. The van der Waals surface area contributed by atoms with E-state index in [1.807, 2.05) is 6.92 Å². The Labute approximate surface area is 114 Å². The number of nitro groups is 1. The number of hydrogen-bond donors (Lipinski definition) is 1. The van der Waals surface area contributed by atoms with Crippen molar-refractivity contribution in [2.24, 2.45) is 0 Å². The number of aromatic nitrogens is 2. The molecule has 0 aliphatic rings. The molecule has 7 heteroatoms. The lowest BCUT2D eigenvalue weighted by Gasteiger charge is -2.09. The van der Waals surface area contributed by atoms with Gasteiger partial charge in [-0.05, 0) is 19.9 Å². The molecule has 0 saturated heterocycles. The lowest BCUT2D eigenvalue weighted by Crippen LogP contribution is -2.07. The topological polar surface area (TPSA) is 81.0 Å². The zero-order chi connectivity index (χ0) is 14.7. The standard InChI is InChI=1S/C13H13FN4O2/c1-3-15-13-11(14)8(2)16-12(17-13)9-6-4-5-7-10(9)18(19)20/h4-7H,3H2,1-2H3,(H,15,16,17). The Morgan fingerprint density at radius 3 is 2.70 bits per heavy atom. The first kappa shape index (κ1) is 13.9. The van der Waals surface area contributed by atoms with Crippen molar-refractivity contribution in [2.45, 2.75) is 13.8 Å². The summed E-state index contributed by atoms with van der Waals surface area (Å²) < 4.78 is 13.8. The van der Waals surface area contributed by atoms with E-state index in [0.717, 1.165) is 0 Å². The maximum atomic E-state index is 13.8. The minimum absolute atomic E-state index is 0.0492. The monoisotopic (exact) mass is 276 g/mol. The fraction of sp³-hybridized carbons (Fsp3) is 0.231. The normalized spacial score (nSPS) is 10.3. The van der Waals surface area contributed by atoms with Crippen molar-refractivity contribution in [1.29, 1.82) is 0 Å². The van der Waals surface area contributed by atoms with Gasteiger partial charge in [-0.25, -0.2) is 14.4 Å². The fourth-order valence-corrected chi connectivity index (χ4v) is 1.79. The minimum atomic E-state index is -0.547. The van der Waals surface area contributed by atoms with Crippen molar-refractivity contribution in [1.82, 2.24) is 9.97 Å². The Morgan fingerprint density at radius 2 is 2.05 bits per heavy atom. The van der Waals surface area contributed by atoms with Crippen LogP contribution in [0.4, 0.5) is 15.9 Å². The van der Waals surface area contributed by atoms with Crippen LogP contribution in [-0.2, 0) is 0 Å². The summed E-state index contributed by atoms with van der Waals surface area (Å²) in [5.74, 6) is -0.366. The zero-order valence-corrected chi connectivity index (χ0v) is 11.1. The molecule has 0 unspecified atom stereocenters. The lowest BCUT2D eigenvalue weighted by molar-refractivity contribution is -0.384. The number of nitrogens with zero attached hydrogens (tertiary/aromatic N) is 3. The van der Waals surface area contributed by atoms with Crippen LogP contribution in [0.25, 0.3) is 11.4 Å². The number of nitrogens with one attached hydrogen (secondary N) is 1. The third-order valence-electron chi connectivity index (χ3n) is 2.70. The van der Waals surface area contributed by atoms with Crippen LogP contribution in [-0.4, -0.2) is 21.4 Å². The van der Waals surface area contributed by atoms with Gasteiger partial charge >= 0.3 is 0 Å². The van der Waals surface area contributed by atoms with Gasteiger partial charge in [0, 0.05) is 12.6 Å². The number of hydrogen-bond acceptors (Lipinski definition) is 5. The number of halogens is 1. The van der Waals surface area contributed by atoms with Crippen LogP contribution in [0.15, 0.2) is 24.3 Å². The second kappa shape index (κ2) is 5.60. The van der Waals surface area contributed by atoms with Crippen LogP contribution in [0, 0.1) is 22.9 Å². The molecule has 0 fully saturated rings. The highest BCUT2D eigenvalue weighted by Crippen LogP contribution is 2.28. The molecule has 1 N–H and O–H groups in total. The predicted octanol–water partition coefficient (Wildman–Crippen LogP) is 2.93. The summed E-state index contributed by atoms with van der Waals surface area (Å²) in [6, 6.07) is 6.12. The number of benzene rings is 1. The van der Waals surface area contributed by atoms with E-state index in [9.17, 15) is 14.5 Å². The third-order valence-corrected chi connectivity index (χ3v) is 2.70. The van der Waals surface area contributed by atoms with Crippen molar-refractivity contribution in [3.8, 4) is 11.4 Å². The molecule has 0 saturated carbocycles. The summed E-state index contributed by atoms with van der Waals surface area (Å²) >= 11 is 0. The molecule has 0 spiro atoms. The van der Waals surface area contributed by atoms with Crippen LogP contribution >= 0.6 is 0 Å². The van der Waals surface area contributed by atoms with E-state index in [2.05, 4.69) is 15.3 Å². The first-order valence-corrected chi connectivity index (χ1v) is 6.06. The van der Waals surface area contributed by atoms with Gasteiger partial charge in [0.15, 0.2) is 17.5 Å². The van der Waals surface area contributed by atoms with E-state index in [1.165, 1.54) is 13.0 Å². The predicted molar refractivity (Wildman–Crippen MR) is 73.0 cm³/mol. The van der Waals surface area contributed by atoms with Gasteiger partial charge in [-0.1, -0.05) is 12.1 Å². The fourth-order valence-electron chi connectivity index (χ4n) is 1.79. The molecule has 20 heavy (non-hydrogen) atoms. The van der Waals surface area contributed by atoms with Crippen LogP contribution in [0.1, 0.15) is 12.6 Å². The molecule has 1 heterocycles. The van der Waals surface area contributed by atoms with Gasteiger partial charge in [0.2, 0.25) is 0 Å². The molecule has 0 aliphatic heterocycles. The Morgan fingerprint density at radius 1 is 1.35 bits per heavy atom. The number of para-hydroxylation sites is 1. The molecule has 0 amide bonds. The molecule has 2 rings (SSSR count). The Kier molecular flexibility index (Phi) is 3.88. The quantitative estimate of drug-likeness (QED) is 0.686. The number of aryl methyl sites for hydroxylation is 1. The largest absolute Gasteiger partial charge is 0.368 e. The van der Waals surface area contributed by atoms with Crippen molar-refractivity contribution in [3.63, 3.8) is 0 Å². The highest BCUT2D eigenvalue weighted by atomic mass is 19.1. The molecule has 6 nitrogen and oxygen atoms in total. The second-order valence-corrected chi connectivity index (χ2v) is 4.10. The number of nitro benzene ring substituents is 1. The molecule has 0 bridgehead atoms. The number of rotatable bonds is 4. The van der Waals surface area contributed by atoms with E-state index in [0.29, 0.717) is 6.54 Å². The van der Waals surface area contributed by atoms with Crippen LogP contribution in [0.3, 0.4) is 0 Å². The average molecular weight is 276 g/mol. The van der Waals surface area contributed by atoms with Crippen molar-refractivity contribution >= 4 is 11.5 Å². The van der Waals surface area contributed by atoms with Gasteiger partial charge in [-0.2, -0.15) is 0 Å². The van der Waals surface area contributed by atoms with Crippen molar-refractivity contribution in [3.05, 3.63) is 45.9 Å². The maximum Gasteiger partial charge on any atom is 0.280 e. The van der Waals surface area contributed by atoms with Crippen LogP contribution in [0.2, 0.25) is 0 Å². The van der Waals surface area contributed by atoms with E-state index < -0.39 is 10.7 Å². The molecule has 1 aromatic carbocycles. The van der Waals surface area contributed by atoms with Gasteiger partial charge in [-0.3, -0.25) is 10.1 Å². The highest BCUT2D eigenvalue weighted by molar-refractivity contribution is 5.68. The van der Waals surface area contributed by atoms with E-state index in [4.69, 9.17) is 0 Å². The highest BCUT2D eigenvalue weighted by Gasteiger charge is 2.19. The minimum Gasteiger partial charge on any atom is -0.368 e. The lowest BCUT2D eigenvalue weighted by atomic mass is 10.1. The van der Waals surface area contributed by atoms with E-state index in [1.54, 1.807) is 18.2 Å². The molecule has 104 valence electrons. The van der Waals surface area contributed by atoms with Crippen molar-refractivity contribution in [2.75, 3.05) is 11.9 Å². The molecule has 0 aliphatic carbocycles. The van der Waals surface area contributed by atoms with Gasteiger partial charge in [0.05, 0.1) is 16.2 Å². The van der Waals surface area contributed by atoms with Crippen LogP contribution in [0.5, 0.6) is 0 Å². The number of anilines is 1. The first-order chi connectivity index (χ1) is 9.54. The Bertz CT molecular complexity index is 661. The summed E-state index contributed by atoms with van der Waals surface area (Å²) in [5.41, 5.74) is 0.296. The van der Waals surface area contributed by atoms with Gasteiger partial charge < -0.3 is 5.32 Å². The molecule has 1 aromatic heterocycles. The first-order valence-electron chi connectivity index (χ1n) is 6.06. The Balaban J connectivity index is 2.61. The SMILES string of the molecule is CCNc1nc(-c2ccccc2[N+](=O)[O-])nc(C)c1F. The molecule has 2 aromatic rings. The van der Waals surface area contributed by atoms with E-state index in [-0.39, 0.29) is 28.6 Å². The summed E-state index contributed by atoms with van der Waals surface area (Å²) in [7, 11) is 0. The van der Waals surface area contributed by atoms with Gasteiger partial charge in [-0.15, -0.1) is 0 Å². The zero-order valence-electron chi connectivity index (χ0n) is 11.1. The molecular weight excluding hydrogens is 263 g/mol. The molecule has 0 radical (unpaired) electrons. The van der Waals surface area contributed by atoms with Gasteiger partial charge in [0.1, 0.15) is 0 Å². The third kappa shape index (κ3) is 2.56. The summed E-state index contributed by atoms with van der Waals surface area (Å²) in [5, 5.41) is 13.8. The summed E-state index contributed by atoms with van der Waals surface area (Å²) in [6.07, 6.45) is 0.